The molecule has 172 valence electrons. The average molecular weight is 456 g/mol. The van der Waals surface area contributed by atoms with E-state index >= 15 is 0 Å². The number of piperazine rings is 1. The van der Waals surface area contributed by atoms with Crippen molar-refractivity contribution in [2.24, 2.45) is 5.92 Å². The zero-order valence-electron chi connectivity index (χ0n) is 18.0. The molecule has 2 fully saturated rings. The van der Waals surface area contributed by atoms with E-state index in [0.717, 1.165) is 5.56 Å². The standard InChI is InChI=1S/C22H31ClFN3O4/c1-14-11-27(15(2)10-26(14)12-16-3-5-19(24)6-4-16)20(28)13-31-22-17(8-21(29)30)7-18(23)9-25-22/h3-6,14-15,17-18,22,25H,7-13H2,1-2H3,(H,29,30)/t14-,15+,17?,18?,22?/m0/s1. The number of carboxylic acid groups (broad SMARTS) is 1. The van der Waals surface area contributed by atoms with Crippen LogP contribution in [0.15, 0.2) is 24.3 Å². The van der Waals surface area contributed by atoms with Crippen LogP contribution in [0, 0.1) is 11.7 Å². The van der Waals surface area contributed by atoms with Crippen molar-refractivity contribution in [3.05, 3.63) is 35.6 Å². The number of hydrogen-bond acceptors (Lipinski definition) is 5. The fourth-order valence-electron chi connectivity index (χ4n) is 4.39. The highest BCUT2D eigenvalue weighted by Gasteiger charge is 2.35. The van der Waals surface area contributed by atoms with Crippen molar-refractivity contribution < 1.29 is 23.8 Å². The third-order valence-corrected chi connectivity index (χ3v) is 6.42. The second kappa shape index (κ2) is 10.7. The number of hydrogen-bond donors (Lipinski definition) is 2. The Morgan fingerprint density at radius 3 is 2.61 bits per heavy atom. The van der Waals surface area contributed by atoms with Crippen molar-refractivity contribution in [1.82, 2.24) is 15.1 Å². The highest BCUT2D eigenvalue weighted by molar-refractivity contribution is 6.20. The van der Waals surface area contributed by atoms with E-state index in [-0.39, 0.29) is 48.1 Å². The van der Waals surface area contributed by atoms with E-state index in [9.17, 15) is 14.0 Å². The average Bonchev–Trinajstić information content (AvgIpc) is 2.71. The van der Waals surface area contributed by atoms with Gasteiger partial charge in [-0.1, -0.05) is 12.1 Å². The lowest BCUT2D eigenvalue weighted by atomic mass is 9.94. The SMILES string of the molecule is C[C@@H]1CN(Cc2ccc(F)cc2)[C@@H](C)CN1C(=O)COC1NCC(Cl)CC1CC(=O)O. The van der Waals surface area contributed by atoms with Gasteiger partial charge in [0.15, 0.2) is 0 Å². The molecule has 2 aliphatic heterocycles. The monoisotopic (exact) mass is 455 g/mol. The normalized spacial score (nSPS) is 29.7. The van der Waals surface area contributed by atoms with Gasteiger partial charge in [0, 0.05) is 49.6 Å². The first kappa shape index (κ1) is 23.9. The molecule has 2 N–H and O–H groups in total. The van der Waals surface area contributed by atoms with E-state index in [1.807, 2.05) is 11.8 Å². The lowest BCUT2D eigenvalue weighted by Crippen LogP contribution is -2.58. The van der Waals surface area contributed by atoms with E-state index in [2.05, 4.69) is 17.1 Å². The van der Waals surface area contributed by atoms with Crippen LogP contribution in [-0.4, -0.2) is 76.7 Å². The maximum Gasteiger partial charge on any atom is 0.303 e. The molecular weight excluding hydrogens is 425 g/mol. The molecule has 1 aromatic carbocycles. The Morgan fingerprint density at radius 2 is 1.94 bits per heavy atom. The third kappa shape index (κ3) is 6.62. The number of alkyl halides is 1. The van der Waals surface area contributed by atoms with Gasteiger partial charge < -0.3 is 14.7 Å². The molecule has 1 aromatic rings. The second-order valence-electron chi connectivity index (χ2n) is 8.63. The van der Waals surface area contributed by atoms with Crippen LogP contribution in [0.4, 0.5) is 4.39 Å². The van der Waals surface area contributed by atoms with Gasteiger partial charge in [-0.2, -0.15) is 0 Å². The van der Waals surface area contributed by atoms with Gasteiger partial charge in [-0.25, -0.2) is 4.39 Å². The summed E-state index contributed by atoms with van der Waals surface area (Å²) in [6.07, 6.45) is -0.0117. The van der Waals surface area contributed by atoms with Crippen LogP contribution in [0.2, 0.25) is 0 Å². The molecule has 3 unspecified atom stereocenters. The number of amides is 1. The molecule has 1 amide bonds. The first-order valence-corrected chi connectivity index (χ1v) is 11.2. The Hall–Kier alpha value is -1.74. The molecule has 2 aliphatic rings. The Kier molecular flexibility index (Phi) is 8.27. The molecule has 0 spiro atoms. The lowest BCUT2D eigenvalue weighted by molar-refractivity contribution is -0.149. The molecule has 3 rings (SSSR count). The van der Waals surface area contributed by atoms with Gasteiger partial charge in [0.05, 0.1) is 6.42 Å². The van der Waals surface area contributed by atoms with Gasteiger partial charge in [-0.05, 0) is 38.0 Å². The minimum Gasteiger partial charge on any atom is -0.481 e. The number of carbonyl (C=O) groups excluding carboxylic acids is 1. The van der Waals surface area contributed by atoms with E-state index in [0.29, 0.717) is 32.6 Å². The fourth-order valence-corrected chi connectivity index (χ4v) is 4.71. The molecular formula is C22H31ClFN3O4. The number of ether oxygens (including phenoxy) is 1. The molecule has 7 nitrogen and oxygen atoms in total. The minimum atomic E-state index is -0.905. The highest BCUT2D eigenvalue weighted by atomic mass is 35.5. The van der Waals surface area contributed by atoms with Crippen LogP contribution >= 0.6 is 11.6 Å². The number of piperidine rings is 1. The Labute approximate surface area is 187 Å². The van der Waals surface area contributed by atoms with Gasteiger partial charge in [-0.3, -0.25) is 19.8 Å². The number of halogens is 2. The van der Waals surface area contributed by atoms with Crippen LogP contribution < -0.4 is 5.32 Å². The van der Waals surface area contributed by atoms with E-state index in [4.69, 9.17) is 21.4 Å². The lowest BCUT2D eigenvalue weighted by Gasteiger charge is -2.44. The zero-order valence-corrected chi connectivity index (χ0v) is 18.7. The number of carboxylic acids is 1. The summed E-state index contributed by atoms with van der Waals surface area (Å²) in [6.45, 7) is 6.48. The summed E-state index contributed by atoms with van der Waals surface area (Å²) in [6, 6.07) is 6.65. The smallest absolute Gasteiger partial charge is 0.303 e. The largest absolute Gasteiger partial charge is 0.481 e. The first-order chi connectivity index (χ1) is 14.7. The van der Waals surface area contributed by atoms with Crippen molar-refractivity contribution in [3.8, 4) is 0 Å². The van der Waals surface area contributed by atoms with E-state index in [1.165, 1.54) is 12.1 Å². The molecule has 0 saturated carbocycles. The fraction of sp³-hybridized carbons (Fsp3) is 0.636. The summed E-state index contributed by atoms with van der Waals surface area (Å²) >= 11 is 6.15. The minimum absolute atomic E-state index is 0.00843. The molecule has 5 atom stereocenters. The summed E-state index contributed by atoms with van der Waals surface area (Å²) in [4.78, 5) is 28.1. The molecule has 9 heteroatoms. The van der Waals surface area contributed by atoms with Gasteiger partial charge >= 0.3 is 5.97 Å². The van der Waals surface area contributed by atoms with Crippen molar-refractivity contribution >= 4 is 23.5 Å². The number of rotatable bonds is 7. The van der Waals surface area contributed by atoms with Gasteiger partial charge in [-0.15, -0.1) is 11.6 Å². The number of carbonyl (C=O) groups is 2. The number of nitrogens with one attached hydrogen (secondary N) is 1. The molecule has 2 saturated heterocycles. The van der Waals surface area contributed by atoms with Crippen LogP contribution in [0.3, 0.4) is 0 Å². The summed E-state index contributed by atoms with van der Waals surface area (Å²) in [5.74, 6) is -1.53. The van der Waals surface area contributed by atoms with Crippen LogP contribution in [0.1, 0.15) is 32.3 Å². The predicted molar refractivity (Wildman–Crippen MR) is 115 cm³/mol. The van der Waals surface area contributed by atoms with Crippen molar-refractivity contribution in [2.45, 2.75) is 56.9 Å². The van der Waals surface area contributed by atoms with Crippen molar-refractivity contribution in [1.29, 1.82) is 0 Å². The Balaban J connectivity index is 1.52. The molecule has 0 radical (unpaired) electrons. The third-order valence-electron chi connectivity index (χ3n) is 6.08. The van der Waals surface area contributed by atoms with Crippen LogP contribution in [0.25, 0.3) is 0 Å². The van der Waals surface area contributed by atoms with Gasteiger partial charge in [0.2, 0.25) is 5.91 Å². The van der Waals surface area contributed by atoms with E-state index < -0.39 is 12.2 Å². The van der Waals surface area contributed by atoms with Crippen molar-refractivity contribution in [2.75, 3.05) is 26.2 Å². The maximum atomic E-state index is 13.1. The molecule has 0 aromatic heterocycles. The molecule has 0 aliphatic carbocycles. The number of aliphatic carboxylic acids is 1. The predicted octanol–water partition coefficient (Wildman–Crippen LogP) is 2.28. The van der Waals surface area contributed by atoms with Crippen LogP contribution in [0.5, 0.6) is 0 Å². The second-order valence-corrected chi connectivity index (χ2v) is 9.25. The number of nitrogens with zero attached hydrogens (tertiary/aromatic N) is 2. The molecule has 2 heterocycles. The Morgan fingerprint density at radius 1 is 1.23 bits per heavy atom. The number of benzene rings is 1. The first-order valence-electron chi connectivity index (χ1n) is 10.7. The Bertz CT molecular complexity index is 766. The molecule has 0 bridgehead atoms. The van der Waals surface area contributed by atoms with Crippen molar-refractivity contribution in [3.63, 3.8) is 0 Å². The summed E-state index contributed by atoms with van der Waals surface area (Å²) in [5.41, 5.74) is 1.04. The topological polar surface area (TPSA) is 82.1 Å². The summed E-state index contributed by atoms with van der Waals surface area (Å²) < 4.78 is 19.0. The van der Waals surface area contributed by atoms with Gasteiger partial charge in [0.1, 0.15) is 18.7 Å². The highest BCUT2D eigenvalue weighted by Crippen LogP contribution is 2.25. The maximum absolute atomic E-state index is 13.1. The zero-order chi connectivity index (χ0) is 22.5. The van der Waals surface area contributed by atoms with Gasteiger partial charge in [0.25, 0.3) is 0 Å². The quantitative estimate of drug-likeness (QED) is 0.614. The summed E-state index contributed by atoms with van der Waals surface area (Å²) in [5, 5.41) is 12.1. The summed E-state index contributed by atoms with van der Waals surface area (Å²) in [7, 11) is 0. The van der Waals surface area contributed by atoms with E-state index in [1.54, 1.807) is 12.1 Å². The molecule has 31 heavy (non-hydrogen) atoms. The van der Waals surface area contributed by atoms with Crippen LogP contribution in [-0.2, 0) is 20.9 Å².